The maximum atomic E-state index is 12.3. The molecule has 120 valence electrons. The number of nitrogens with zero attached hydrogens (tertiary/aromatic N) is 1. The molecule has 0 bridgehead atoms. The molecule has 1 unspecified atom stereocenters. The summed E-state index contributed by atoms with van der Waals surface area (Å²) in [4.78, 5) is 0.100. The Hall–Kier alpha value is -2.20. The molecule has 0 spiro atoms. The summed E-state index contributed by atoms with van der Waals surface area (Å²) in [6.45, 7) is 1.42. The molecule has 23 heavy (non-hydrogen) atoms. The maximum Gasteiger partial charge on any atom is 0.240 e. The molecule has 2 N–H and O–H groups in total. The van der Waals surface area contributed by atoms with E-state index in [1.807, 2.05) is 12.1 Å². The Morgan fingerprint density at radius 1 is 1.13 bits per heavy atom. The molecule has 0 aliphatic rings. The average molecular weight is 330 g/mol. The smallest absolute Gasteiger partial charge is 0.240 e. The first-order valence-electron chi connectivity index (χ1n) is 7.09. The number of hydrogen-bond donors (Lipinski definition) is 2. The number of nitriles is 1. The van der Waals surface area contributed by atoms with Crippen molar-refractivity contribution in [2.45, 2.75) is 23.8 Å². The fraction of sp³-hybridized carbons (Fsp3) is 0.235. The minimum atomic E-state index is -3.73. The van der Waals surface area contributed by atoms with E-state index in [1.54, 1.807) is 43.3 Å². The third-order valence-electron chi connectivity index (χ3n) is 3.52. The lowest BCUT2D eigenvalue weighted by Gasteiger charge is -2.24. The van der Waals surface area contributed by atoms with Gasteiger partial charge in [-0.25, -0.2) is 13.1 Å². The van der Waals surface area contributed by atoms with Gasteiger partial charge in [-0.15, -0.1) is 0 Å². The highest BCUT2D eigenvalue weighted by Gasteiger charge is 2.25. The first-order valence-corrected chi connectivity index (χ1v) is 8.57. The minimum Gasteiger partial charge on any atom is -0.384 e. The highest BCUT2D eigenvalue weighted by molar-refractivity contribution is 7.89. The Labute approximate surface area is 136 Å². The SMILES string of the molecule is CC(O)(CNS(=O)(=O)c1ccc(CC#N)cc1)c1ccccc1. The lowest BCUT2D eigenvalue weighted by molar-refractivity contribution is 0.0627. The van der Waals surface area contributed by atoms with Crippen LogP contribution in [0.4, 0.5) is 0 Å². The van der Waals surface area contributed by atoms with Gasteiger partial charge in [0.1, 0.15) is 5.60 Å². The molecule has 0 radical (unpaired) electrons. The first-order chi connectivity index (χ1) is 10.8. The molecule has 2 rings (SSSR count). The van der Waals surface area contributed by atoms with Crippen molar-refractivity contribution in [2.24, 2.45) is 0 Å². The summed E-state index contributed by atoms with van der Waals surface area (Å²) in [5.74, 6) is 0. The lowest BCUT2D eigenvalue weighted by atomic mass is 9.97. The topological polar surface area (TPSA) is 90.2 Å². The van der Waals surface area contributed by atoms with Crippen LogP contribution in [-0.4, -0.2) is 20.1 Å². The van der Waals surface area contributed by atoms with Crippen LogP contribution in [0.5, 0.6) is 0 Å². The monoisotopic (exact) mass is 330 g/mol. The van der Waals surface area contributed by atoms with Crippen LogP contribution in [0.25, 0.3) is 0 Å². The highest BCUT2D eigenvalue weighted by atomic mass is 32.2. The molecule has 1 atom stereocenters. The standard InChI is InChI=1S/C17H18N2O3S/c1-17(20,15-5-3-2-4-6-15)13-19-23(21,22)16-9-7-14(8-10-16)11-12-18/h2-10,19-20H,11,13H2,1H3. The van der Waals surface area contributed by atoms with Crippen LogP contribution < -0.4 is 4.72 Å². The van der Waals surface area contributed by atoms with Gasteiger partial charge in [-0.2, -0.15) is 5.26 Å². The second-order valence-corrected chi connectivity index (χ2v) is 7.21. The average Bonchev–Trinajstić information content (AvgIpc) is 2.55. The van der Waals surface area contributed by atoms with Gasteiger partial charge in [0, 0.05) is 6.54 Å². The van der Waals surface area contributed by atoms with Crippen molar-refractivity contribution in [2.75, 3.05) is 6.54 Å². The third-order valence-corrected chi connectivity index (χ3v) is 4.94. The van der Waals surface area contributed by atoms with Gasteiger partial charge in [0.2, 0.25) is 10.0 Å². The van der Waals surface area contributed by atoms with E-state index in [1.165, 1.54) is 12.1 Å². The van der Waals surface area contributed by atoms with Crippen LogP contribution in [0.3, 0.4) is 0 Å². The fourth-order valence-electron chi connectivity index (χ4n) is 2.10. The van der Waals surface area contributed by atoms with E-state index in [2.05, 4.69) is 4.72 Å². The number of nitrogens with one attached hydrogen (secondary N) is 1. The lowest BCUT2D eigenvalue weighted by Crippen LogP contribution is -2.38. The Morgan fingerprint density at radius 2 is 1.74 bits per heavy atom. The molecule has 0 aromatic heterocycles. The zero-order valence-corrected chi connectivity index (χ0v) is 13.5. The summed E-state index contributed by atoms with van der Waals surface area (Å²) in [6, 6.07) is 17.0. The van der Waals surface area contributed by atoms with Gasteiger partial charge in [-0.1, -0.05) is 42.5 Å². The predicted octanol–water partition coefficient (Wildman–Crippen LogP) is 1.94. The molecule has 2 aromatic carbocycles. The Morgan fingerprint density at radius 3 is 2.30 bits per heavy atom. The van der Waals surface area contributed by atoms with Crippen molar-refractivity contribution in [3.63, 3.8) is 0 Å². The Kier molecular flexibility index (Phi) is 5.16. The summed E-state index contributed by atoms with van der Waals surface area (Å²) in [6.07, 6.45) is 0.233. The summed E-state index contributed by atoms with van der Waals surface area (Å²) < 4.78 is 27.0. The highest BCUT2D eigenvalue weighted by Crippen LogP contribution is 2.20. The van der Waals surface area contributed by atoms with E-state index in [0.717, 1.165) is 5.56 Å². The van der Waals surface area contributed by atoms with Crippen molar-refractivity contribution >= 4 is 10.0 Å². The van der Waals surface area contributed by atoms with Crippen LogP contribution in [0.15, 0.2) is 59.5 Å². The summed E-state index contributed by atoms with van der Waals surface area (Å²) in [5, 5.41) is 19.1. The molecular formula is C17H18N2O3S. The first kappa shape index (κ1) is 17.2. The molecule has 0 fully saturated rings. The van der Waals surface area contributed by atoms with E-state index in [0.29, 0.717) is 5.56 Å². The number of hydrogen-bond acceptors (Lipinski definition) is 4. The van der Waals surface area contributed by atoms with Gasteiger partial charge >= 0.3 is 0 Å². The fourth-order valence-corrected chi connectivity index (χ4v) is 3.23. The van der Waals surface area contributed by atoms with Crippen LogP contribution >= 0.6 is 0 Å². The van der Waals surface area contributed by atoms with Crippen molar-refractivity contribution in [3.05, 3.63) is 65.7 Å². The van der Waals surface area contributed by atoms with E-state index >= 15 is 0 Å². The summed E-state index contributed by atoms with van der Waals surface area (Å²) in [5.41, 5.74) is 0.0736. The zero-order chi connectivity index (χ0) is 16.9. The molecule has 0 saturated carbocycles. The second-order valence-electron chi connectivity index (χ2n) is 5.44. The second kappa shape index (κ2) is 6.92. The Bertz CT molecular complexity index is 792. The van der Waals surface area contributed by atoms with Crippen LogP contribution in [0, 0.1) is 11.3 Å². The number of rotatable bonds is 6. The van der Waals surface area contributed by atoms with E-state index in [9.17, 15) is 13.5 Å². The van der Waals surface area contributed by atoms with Gasteiger partial charge < -0.3 is 5.11 Å². The molecule has 0 saturated heterocycles. The van der Waals surface area contributed by atoms with Gasteiger partial charge in [-0.05, 0) is 30.2 Å². The number of aliphatic hydroxyl groups is 1. The number of sulfonamides is 1. The van der Waals surface area contributed by atoms with E-state index in [-0.39, 0.29) is 17.9 Å². The molecule has 0 heterocycles. The molecule has 0 amide bonds. The summed E-state index contributed by atoms with van der Waals surface area (Å²) in [7, 11) is -3.73. The van der Waals surface area contributed by atoms with Gasteiger partial charge in [0.25, 0.3) is 0 Å². The molecule has 0 aliphatic carbocycles. The van der Waals surface area contributed by atoms with Crippen molar-refractivity contribution < 1.29 is 13.5 Å². The largest absolute Gasteiger partial charge is 0.384 e. The van der Waals surface area contributed by atoms with Crippen LogP contribution in [-0.2, 0) is 22.0 Å². The normalized spacial score (nSPS) is 14.0. The van der Waals surface area contributed by atoms with Crippen LogP contribution in [0.2, 0.25) is 0 Å². The van der Waals surface area contributed by atoms with Crippen LogP contribution in [0.1, 0.15) is 18.1 Å². The van der Waals surface area contributed by atoms with Crippen molar-refractivity contribution in [1.82, 2.24) is 4.72 Å². The molecule has 6 heteroatoms. The summed E-state index contributed by atoms with van der Waals surface area (Å²) >= 11 is 0. The van der Waals surface area contributed by atoms with Crippen molar-refractivity contribution in [1.29, 1.82) is 5.26 Å². The minimum absolute atomic E-state index is 0.100. The Balaban J connectivity index is 2.11. The van der Waals surface area contributed by atoms with E-state index < -0.39 is 15.6 Å². The molecule has 5 nitrogen and oxygen atoms in total. The predicted molar refractivity (Wildman–Crippen MR) is 87.0 cm³/mol. The maximum absolute atomic E-state index is 12.3. The third kappa shape index (κ3) is 4.39. The molecular weight excluding hydrogens is 312 g/mol. The van der Waals surface area contributed by atoms with Gasteiger partial charge in [0.15, 0.2) is 0 Å². The molecule has 2 aromatic rings. The molecule has 0 aliphatic heterocycles. The zero-order valence-electron chi connectivity index (χ0n) is 12.7. The van der Waals surface area contributed by atoms with Gasteiger partial charge in [-0.3, -0.25) is 0 Å². The van der Waals surface area contributed by atoms with Crippen molar-refractivity contribution in [3.8, 4) is 6.07 Å². The van der Waals surface area contributed by atoms with E-state index in [4.69, 9.17) is 5.26 Å². The van der Waals surface area contributed by atoms with Gasteiger partial charge in [0.05, 0.1) is 17.4 Å². The number of benzene rings is 2. The quantitative estimate of drug-likeness (QED) is 0.847.